The molecule has 0 aliphatic heterocycles. The van der Waals surface area contributed by atoms with E-state index in [9.17, 15) is 4.79 Å². The molecular weight excluding hydrogens is 372 g/mol. The van der Waals surface area contributed by atoms with Gasteiger partial charge in [-0.25, -0.2) is 9.97 Å². The summed E-state index contributed by atoms with van der Waals surface area (Å²) in [7, 11) is 0. The molecular formula is C22H15ClN4O. The highest BCUT2D eigenvalue weighted by atomic mass is 35.5. The molecule has 28 heavy (non-hydrogen) atoms. The molecule has 0 aliphatic carbocycles. The van der Waals surface area contributed by atoms with Crippen LogP contribution in [0, 0.1) is 18.3 Å². The second-order valence-corrected chi connectivity index (χ2v) is 6.83. The van der Waals surface area contributed by atoms with Crippen molar-refractivity contribution in [1.29, 1.82) is 5.26 Å². The summed E-state index contributed by atoms with van der Waals surface area (Å²) in [5, 5.41) is 9.78. The fraction of sp³-hybridized carbons (Fsp3) is 0.0909. The van der Waals surface area contributed by atoms with Crippen molar-refractivity contribution in [3.05, 3.63) is 81.4 Å². The van der Waals surface area contributed by atoms with Crippen LogP contribution >= 0.6 is 11.6 Å². The zero-order valence-electron chi connectivity index (χ0n) is 15.0. The predicted octanol–water partition coefficient (Wildman–Crippen LogP) is 4.68. The van der Waals surface area contributed by atoms with Crippen molar-refractivity contribution in [2.45, 2.75) is 13.3 Å². The summed E-state index contributed by atoms with van der Waals surface area (Å²) in [6.07, 6.45) is 1.60. The Morgan fingerprint density at radius 2 is 1.89 bits per heavy atom. The normalized spacial score (nSPS) is 10.8. The van der Waals surface area contributed by atoms with Crippen LogP contribution in [-0.4, -0.2) is 15.0 Å². The molecule has 3 heterocycles. The summed E-state index contributed by atoms with van der Waals surface area (Å²) in [5.41, 5.74) is 4.74. The summed E-state index contributed by atoms with van der Waals surface area (Å²) in [5.74, 6) is 0. The van der Waals surface area contributed by atoms with Gasteiger partial charge < -0.3 is 4.98 Å². The van der Waals surface area contributed by atoms with Gasteiger partial charge in [0.2, 0.25) is 0 Å². The molecule has 4 aromatic rings. The highest BCUT2D eigenvalue weighted by Gasteiger charge is 2.15. The minimum absolute atomic E-state index is 0.0429. The van der Waals surface area contributed by atoms with E-state index in [2.05, 4.69) is 9.97 Å². The SMILES string of the molecule is Cc1cc(-c2cc3c(=O)c(CC#N)c[nH]c3nc2-c2ccccc2)cc(Cl)n1. The number of halogens is 1. The molecule has 3 aromatic heterocycles. The maximum atomic E-state index is 12.8. The van der Waals surface area contributed by atoms with Crippen LogP contribution < -0.4 is 5.43 Å². The molecule has 0 saturated heterocycles. The Labute approximate surface area is 166 Å². The van der Waals surface area contributed by atoms with Crippen molar-refractivity contribution < 1.29 is 0 Å². The van der Waals surface area contributed by atoms with E-state index in [4.69, 9.17) is 21.8 Å². The number of aromatic nitrogens is 3. The molecule has 6 heteroatoms. The molecule has 0 fully saturated rings. The highest BCUT2D eigenvalue weighted by molar-refractivity contribution is 6.29. The summed E-state index contributed by atoms with van der Waals surface area (Å²) in [4.78, 5) is 24.9. The number of hydrogen-bond acceptors (Lipinski definition) is 4. The van der Waals surface area contributed by atoms with Gasteiger partial charge in [-0.05, 0) is 30.7 Å². The number of hydrogen-bond donors (Lipinski definition) is 1. The number of nitriles is 1. The highest BCUT2D eigenvalue weighted by Crippen LogP contribution is 2.33. The fourth-order valence-electron chi connectivity index (χ4n) is 3.23. The maximum absolute atomic E-state index is 12.8. The summed E-state index contributed by atoms with van der Waals surface area (Å²) >= 11 is 6.18. The molecule has 0 spiro atoms. The Hall–Kier alpha value is -3.49. The largest absolute Gasteiger partial charge is 0.346 e. The maximum Gasteiger partial charge on any atom is 0.195 e. The van der Waals surface area contributed by atoms with Crippen LogP contribution in [0.2, 0.25) is 5.15 Å². The second-order valence-electron chi connectivity index (χ2n) is 6.44. The van der Waals surface area contributed by atoms with Crippen LogP contribution in [0.4, 0.5) is 0 Å². The van der Waals surface area contributed by atoms with Crippen LogP contribution in [0.5, 0.6) is 0 Å². The Morgan fingerprint density at radius 3 is 2.61 bits per heavy atom. The standard InChI is InChI=1S/C22H15ClN4O/c1-13-9-16(10-19(23)26-13)17-11-18-21(28)15(7-8-24)12-25-22(18)27-20(17)14-5-3-2-4-6-14/h2-6,9-12H,7H2,1H3,(H,25,27,28). The number of benzene rings is 1. The van der Waals surface area contributed by atoms with Crippen LogP contribution in [0.15, 0.2) is 59.5 Å². The fourth-order valence-corrected chi connectivity index (χ4v) is 3.48. The van der Waals surface area contributed by atoms with E-state index in [1.54, 1.807) is 12.3 Å². The number of rotatable bonds is 3. The second kappa shape index (κ2) is 7.26. The molecule has 1 N–H and O–H groups in total. The topological polar surface area (TPSA) is 82.4 Å². The zero-order valence-corrected chi connectivity index (χ0v) is 15.8. The summed E-state index contributed by atoms with van der Waals surface area (Å²) < 4.78 is 0. The molecule has 0 unspecified atom stereocenters. The van der Waals surface area contributed by atoms with E-state index < -0.39 is 0 Å². The van der Waals surface area contributed by atoms with E-state index in [1.807, 2.05) is 55.5 Å². The van der Waals surface area contributed by atoms with Gasteiger partial charge in [-0.2, -0.15) is 5.26 Å². The van der Waals surface area contributed by atoms with Crippen molar-refractivity contribution in [3.8, 4) is 28.5 Å². The summed E-state index contributed by atoms with van der Waals surface area (Å²) in [6, 6.07) is 17.3. The van der Waals surface area contributed by atoms with Crippen molar-refractivity contribution in [2.24, 2.45) is 0 Å². The van der Waals surface area contributed by atoms with Crippen molar-refractivity contribution in [3.63, 3.8) is 0 Å². The molecule has 5 nitrogen and oxygen atoms in total. The molecule has 0 aliphatic rings. The number of nitrogens with zero attached hydrogens (tertiary/aromatic N) is 3. The number of aryl methyl sites for hydroxylation is 1. The van der Waals surface area contributed by atoms with Gasteiger partial charge in [0.1, 0.15) is 10.8 Å². The van der Waals surface area contributed by atoms with Crippen LogP contribution in [-0.2, 0) is 6.42 Å². The van der Waals surface area contributed by atoms with Gasteiger partial charge in [0.25, 0.3) is 0 Å². The van der Waals surface area contributed by atoms with Crippen molar-refractivity contribution in [1.82, 2.24) is 15.0 Å². The average Bonchev–Trinajstić information content (AvgIpc) is 2.69. The van der Waals surface area contributed by atoms with Crippen molar-refractivity contribution in [2.75, 3.05) is 0 Å². The van der Waals surface area contributed by atoms with Crippen molar-refractivity contribution >= 4 is 22.6 Å². The van der Waals surface area contributed by atoms with Crippen LogP contribution in [0.1, 0.15) is 11.3 Å². The Kier molecular flexibility index (Phi) is 4.64. The van der Waals surface area contributed by atoms with E-state index >= 15 is 0 Å². The first-order chi connectivity index (χ1) is 13.6. The van der Waals surface area contributed by atoms with E-state index in [0.29, 0.717) is 21.7 Å². The lowest BCUT2D eigenvalue weighted by atomic mass is 9.98. The molecule has 1 aromatic carbocycles. The molecule has 0 amide bonds. The predicted molar refractivity (Wildman–Crippen MR) is 110 cm³/mol. The lowest BCUT2D eigenvalue weighted by molar-refractivity contribution is 1.17. The van der Waals surface area contributed by atoms with Gasteiger partial charge in [0.15, 0.2) is 5.43 Å². The lowest BCUT2D eigenvalue weighted by Gasteiger charge is -2.12. The number of nitrogens with one attached hydrogen (secondary N) is 1. The van der Waals surface area contributed by atoms with Gasteiger partial charge in [0.05, 0.1) is 23.6 Å². The third-order valence-corrected chi connectivity index (χ3v) is 4.69. The molecule has 0 radical (unpaired) electrons. The Morgan fingerprint density at radius 1 is 1.11 bits per heavy atom. The molecule has 0 bridgehead atoms. The number of aromatic amines is 1. The van der Waals surface area contributed by atoms with E-state index in [1.165, 1.54) is 0 Å². The minimum Gasteiger partial charge on any atom is -0.346 e. The third-order valence-electron chi connectivity index (χ3n) is 4.49. The first kappa shape index (κ1) is 17.9. The van der Waals surface area contributed by atoms with Gasteiger partial charge in [0, 0.05) is 28.6 Å². The van der Waals surface area contributed by atoms with Crippen LogP contribution in [0.3, 0.4) is 0 Å². The Balaban J connectivity index is 2.08. The summed E-state index contributed by atoms with van der Waals surface area (Å²) in [6.45, 7) is 1.86. The Bertz CT molecular complexity index is 1270. The van der Waals surface area contributed by atoms with Gasteiger partial charge in [-0.1, -0.05) is 41.9 Å². The van der Waals surface area contributed by atoms with E-state index in [0.717, 1.165) is 28.1 Å². The van der Waals surface area contributed by atoms with Gasteiger partial charge in [-0.3, -0.25) is 4.79 Å². The van der Waals surface area contributed by atoms with Gasteiger partial charge >= 0.3 is 0 Å². The molecule has 136 valence electrons. The minimum atomic E-state index is -0.194. The lowest BCUT2D eigenvalue weighted by Crippen LogP contribution is -2.11. The molecule has 0 saturated carbocycles. The third kappa shape index (κ3) is 3.26. The quantitative estimate of drug-likeness (QED) is 0.518. The number of pyridine rings is 3. The first-order valence-corrected chi connectivity index (χ1v) is 9.07. The monoisotopic (exact) mass is 386 g/mol. The first-order valence-electron chi connectivity index (χ1n) is 8.69. The van der Waals surface area contributed by atoms with Gasteiger partial charge in [-0.15, -0.1) is 0 Å². The van der Waals surface area contributed by atoms with Crippen LogP contribution in [0.25, 0.3) is 33.4 Å². The zero-order chi connectivity index (χ0) is 19.7. The average molecular weight is 387 g/mol. The molecule has 0 atom stereocenters. The number of H-pyrrole nitrogens is 1. The molecule has 4 rings (SSSR count). The van der Waals surface area contributed by atoms with E-state index in [-0.39, 0.29) is 11.8 Å². The smallest absolute Gasteiger partial charge is 0.195 e. The number of fused-ring (bicyclic) bond motifs is 1.